The van der Waals surface area contributed by atoms with Gasteiger partial charge in [-0.3, -0.25) is 6.08 Å². The molecule has 1 heteroatoms. The Morgan fingerprint density at radius 1 is 1.86 bits per heavy atom. The molecule has 0 radical (unpaired) electrons. The van der Waals surface area contributed by atoms with E-state index in [2.05, 4.69) is 25.2 Å². The molecule has 0 bridgehead atoms. The van der Waals surface area contributed by atoms with E-state index in [-0.39, 0.29) is 22.3 Å². The predicted molar refractivity (Wildman–Crippen MR) is 28.4 cm³/mol. The normalized spacial score (nSPS) is 15.9. The maximum atomic E-state index is 3.12. The van der Waals surface area contributed by atoms with E-state index < -0.39 is 0 Å². The summed E-state index contributed by atoms with van der Waals surface area (Å²) in [6.45, 7) is 2.06. The zero-order chi connectivity index (χ0) is 4.41. The van der Waals surface area contributed by atoms with Gasteiger partial charge in [-0.05, 0) is 0 Å². The maximum Gasteiger partial charge on any atom is 3.00 e. The second-order valence-electron chi connectivity index (χ2n) is 1.47. The van der Waals surface area contributed by atoms with Crippen LogP contribution in [0.4, 0.5) is 0 Å². The van der Waals surface area contributed by atoms with Crippen LogP contribution in [0.1, 0.15) is 16.2 Å². The predicted octanol–water partition coefficient (Wildman–Crippen LogP) is 1.92. The van der Waals surface area contributed by atoms with E-state index in [9.17, 15) is 0 Å². The summed E-state index contributed by atoms with van der Waals surface area (Å²) in [5.41, 5.74) is 1.27. The SMILES string of the molecule is CC1=[C-]CC=C1.[H-].[H-].[Rh+3]. The van der Waals surface area contributed by atoms with Gasteiger partial charge in [0.15, 0.2) is 0 Å². The van der Waals surface area contributed by atoms with Crippen molar-refractivity contribution < 1.29 is 22.3 Å². The minimum atomic E-state index is 0. The second-order valence-corrected chi connectivity index (χ2v) is 1.47. The molecule has 1 aliphatic carbocycles. The quantitative estimate of drug-likeness (QED) is 0.398. The van der Waals surface area contributed by atoms with Crippen LogP contribution in [0.2, 0.25) is 0 Å². The molecule has 0 nitrogen and oxygen atoms in total. The Morgan fingerprint density at radius 2 is 2.57 bits per heavy atom. The van der Waals surface area contributed by atoms with Gasteiger partial charge in [-0.2, -0.15) is 6.08 Å². The van der Waals surface area contributed by atoms with Gasteiger partial charge in [0.2, 0.25) is 0 Å². The molecule has 0 aromatic heterocycles. The molecule has 0 amide bonds. The van der Waals surface area contributed by atoms with E-state index in [0.717, 1.165) is 6.42 Å². The van der Waals surface area contributed by atoms with Gasteiger partial charge in [-0.25, -0.2) is 11.6 Å². The number of rotatable bonds is 0. The fourth-order valence-corrected chi connectivity index (χ4v) is 0.515. The van der Waals surface area contributed by atoms with Crippen molar-refractivity contribution in [3.63, 3.8) is 0 Å². The summed E-state index contributed by atoms with van der Waals surface area (Å²) >= 11 is 0. The molecule has 0 aromatic carbocycles. The van der Waals surface area contributed by atoms with E-state index >= 15 is 0 Å². The van der Waals surface area contributed by atoms with Crippen LogP contribution in [-0.2, 0) is 19.5 Å². The first-order valence-corrected chi connectivity index (χ1v) is 2.13. The third kappa shape index (κ3) is 2.04. The Labute approximate surface area is 60.0 Å². The molecule has 0 atom stereocenters. The maximum absolute atomic E-state index is 3.12. The minimum absolute atomic E-state index is 0. The fourth-order valence-electron chi connectivity index (χ4n) is 0.515. The number of hydrogen-bond donors (Lipinski definition) is 0. The summed E-state index contributed by atoms with van der Waals surface area (Å²) in [5.74, 6) is 0. The number of allylic oxidation sites excluding steroid dienone is 4. The molecule has 0 heterocycles. The fraction of sp³-hybridized carbons (Fsp3) is 0.333. The van der Waals surface area contributed by atoms with Crippen LogP contribution in [0.15, 0.2) is 17.7 Å². The molecule has 42 valence electrons. The van der Waals surface area contributed by atoms with Crippen LogP contribution in [0.3, 0.4) is 0 Å². The largest absolute Gasteiger partial charge is 3.00 e. The minimum Gasteiger partial charge on any atom is -1.00 e. The van der Waals surface area contributed by atoms with Crippen LogP contribution < -0.4 is 0 Å². The zero-order valence-corrected chi connectivity index (χ0v) is 5.83. The molecule has 0 spiro atoms. The van der Waals surface area contributed by atoms with Crippen molar-refractivity contribution in [1.82, 2.24) is 0 Å². The van der Waals surface area contributed by atoms with Gasteiger partial charge in [-0.1, -0.05) is 6.92 Å². The summed E-state index contributed by atoms with van der Waals surface area (Å²) in [5, 5.41) is 0. The van der Waals surface area contributed by atoms with E-state index in [1.165, 1.54) is 5.57 Å². The van der Waals surface area contributed by atoms with E-state index in [1.54, 1.807) is 0 Å². The summed E-state index contributed by atoms with van der Waals surface area (Å²) in [6, 6.07) is 0. The van der Waals surface area contributed by atoms with Gasteiger partial charge < -0.3 is 2.85 Å². The molecule has 0 saturated carbocycles. The van der Waals surface area contributed by atoms with Crippen molar-refractivity contribution in [1.29, 1.82) is 0 Å². The van der Waals surface area contributed by atoms with Gasteiger partial charge >= 0.3 is 19.5 Å². The summed E-state index contributed by atoms with van der Waals surface area (Å²) in [7, 11) is 0. The Bertz CT molecular complexity index is 105. The van der Waals surface area contributed by atoms with Gasteiger partial charge in [0.25, 0.3) is 0 Å². The van der Waals surface area contributed by atoms with Crippen molar-refractivity contribution in [3.05, 3.63) is 23.8 Å². The van der Waals surface area contributed by atoms with Gasteiger partial charge in [0.1, 0.15) is 0 Å². The van der Waals surface area contributed by atoms with E-state index in [4.69, 9.17) is 0 Å². The van der Waals surface area contributed by atoms with Crippen molar-refractivity contribution in [2.45, 2.75) is 13.3 Å². The summed E-state index contributed by atoms with van der Waals surface area (Å²) in [6.07, 6.45) is 8.33. The first-order valence-electron chi connectivity index (χ1n) is 2.13. The first kappa shape index (κ1) is 7.10. The second kappa shape index (κ2) is 3.15. The van der Waals surface area contributed by atoms with Crippen molar-refractivity contribution in [3.8, 4) is 0 Å². The van der Waals surface area contributed by atoms with Crippen LogP contribution in [-0.4, -0.2) is 0 Å². The van der Waals surface area contributed by atoms with Crippen molar-refractivity contribution in [2.75, 3.05) is 0 Å². The third-order valence-electron chi connectivity index (χ3n) is 0.867. The average molecular weight is 184 g/mol. The zero-order valence-electron chi connectivity index (χ0n) is 6.20. The van der Waals surface area contributed by atoms with Crippen LogP contribution >= 0.6 is 0 Å². The monoisotopic (exact) mass is 184 g/mol. The van der Waals surface area contributed by atoms with Gasteiger partial charge in [0, 0.05) is 0 Å². The molecule has 0 fully saturated rings. The molecule has 1 rings (SSSR count). The Morgan fingerprint density at radius 3 is 2.71 bits per heavy atom. The molecular formula is C6H9Rh. The third-order valence-corrected chi connectivity index (χ3v) is 0.867. The molecule has 0 aliphatic heterocycles. The first-order chi connectivity index (χ1) is 2.89. The smallest absolute Gasteiger partial charge is 1.00 e. The Hall–Kier alpha value is 0.103. The molecule has 7 heavy (non-hydrogen) atoms. The van der Waals surface area contributed by atoms with E-state index in [1.807, 2.05) is 0 Å². The molecule has 0 N–H and O–H groups in total. The van der Waals surface area contributed by atoms with E-state index in [0.29, 0.717) is 0 Å². The Kier molecular flexibility index (Phi) is 3.20. The molecular weight excluding hydrogens is 175 g/mol. The average Bonchev–Trinajstić information content (AvgIpc) is 1.86. The topological polar surface area (TPSA) is 0 Å². The summed E-state index contributed by atoms with van der Waals surface area (Å²) < 4.78 is 0. The van der Waals surface area contributed by atoms with Crippen LogP contribution in [0.5, 0.6) is 0 Å². The van der Waals surface area contributed by atoms with Gasteiger partial charge in [-0.15, -0.1) is 6.42 Å². The molecule has 1 aliphatic rings. The standard InChI is InChI=1S/C6H7.Rh.2H/c1-6-4-2-3-5-6;;;/h2,4H,3H2,1H3;;;/q-1;+3;2*-1. The Balaban J connectivity index is -0.000000120. The van der Waals surface area contributed by atoms with Gasteiger partial charge in [0.05, 0.1) is 0 Å². The summed E-state index contributed by atoms with van der Waals surface area (Å²) in [4.78, 5) is 0. The number of hydrogen-bond acceptors (Lipinski definition) is 0. The van der Waals surface area contributed by atoms with Crippen LogP contribution in [0, 0.1) is 6.08 Å². The molecule has 0 saturated heterocycles. The molecule has 0 aromatic rings. The van der Waals surface area contributed by atoms with Crippen molar-refractivity contribution in [2.24, 2.45) is 0 Å². The molecule has 0 unspecified atom stereocenters. The van der Waals surface area contributed by atoms with Crippen LogP contribution in [0.25, 0.3) is 0 Å². The van der Waals surface area contributed by atoms with Crippen molar-refractivity contribution >= 4 is 0 Å².